The van der Waals surface area contributed by atoms with Gasteiger partial charge >= 0.3 is 6.01 Å². The zero-order valence-corrected chi connectivity index (χ0v) is 12.2. The fraction of sp³-hybridized carbons (Fsp3) is 0.357. The summed E-state index contributed by atoms with van der Waals surface area (Å²) in [5.41, 5.74) is 1.18. The molecule has 0 saturated carbocycles. The lowest BCUT2D eigenvalue weighted by Gasteiger charge is -2.13. The molecule has 0 radical (unpaired) electrons. The fourth-order valence-corrected chi connectivity index (χ4v) is 1.54. The zero-order valence-electron chi connectivity index (χ0n) is 12.2. The van der Waals surface area contributed by atoms with E-state index in [0.29, 0.717) is 17.6 Å². The van der Waals surface area contributed by atoms with Crippen molar-refractivity contribution >= 4 is 11.9 Å². The summed E-state index contributed by atoms with van der Waals surface area (Å²) in [4.78, 5) is 14.6. The molecule has 0 atom stereocenters. The third-order valence-corrected chi connectivity index (χ3v) is 2.57. The van der Waals surface area contributed by atoms with Crippen LogP contribution >= 0.6 is 0 Å². The zero-order chi connectivity index (χ0) is 14.5. The van der Waals surface area contributed by atoms with Crippen LogP contribution in [0.25, 0.3) is 0 Å². The normalized spacial score (nSPS) is 10.2. The lowest BCUT2D eigenvalue weighted by Crippen LogP contribution is -2.15. The van der Waals surface area contributed by atoms with Gasteiger partial charge in [-0.05, 0) is 26.0 Å². The number of nitrogens with one attached hydrogen (secondary N) is 1. The molecule has 2 aromatic rings. The molecular weight excluding hydrogens is 254 g/mol. The van der Waals surface area contributed by atoms with Crippen molar-refractivity contribution in [2.45, 2.75) is 13.8 Å². The van der Waals surface area contributed by atoms with Crippen LogP contribution in [0.4, 0.5) is 11.9 Å². The minimum Gasteiger partial charge on any atom is -0.424 e. The van der Waals surface area contributed by atoms with Crippen molar-refractivity contribution < 1.29 is 4.74 Å². The van der Waals surface area contributed by atoms with E-state index >= 15 is 0 Å². The Kier molecular flexibility index (Phi) is 4.34. The second kappa shape index (κ2) is 6.18. The van der Waals surface area contributed by atoms with Gasteiger partial charge in [0.1, 0.15) is 5.75 Å². The molecule has 0 aliphatic carbocycles. The molecule has 1 aromatic carbocycles. The second-order valence-electron chi connectivity index (χ2n) is 4.58. The standard InChI is InChI=1S/C14H19N5O/c1-5-15-12-16-13(19(3)4)18-14(17-12)20-11-8-6-10(2)7-9-11/h6-9H,5H2,1-4H3,(H,15,16,17,18). The highest BCUT2D eigenvalue weighted by Gasteiger charge is 2.09. The van der Waals surface area contributed by atoms with E-state index in [9.17, 15) is 0 Å². The lowest BCUT2D eigenvalue weighted by molar-refractivity contribution is 0.440. The molecule has 106 valence electrons. The first-order valence-corrected chi connectivity index (χ1v) is 6.50. The fourth-order valence-electron chi connectivity index (χ4n) is 1.54. The predicted molar refractivity (Wildman–Crippen MR) is 79.6 cm³/mol. The maximum atomic E-state index is 5.68. The molecular formula is C14H19N5O. The number of ether oxygens (including phenoxy) is 1. The van der Waals surface area contributed by atoms with Gasteiger partial charge in [0, 0.05) is 20.6 Å². The Hall–Kier alpha value is -2.37. The van der Waals surface area contributed by atoms with Gasteiger partial charge in [0.2, 0.25) is 11.9 Å². The average molecular weight is 273 g/mol. The number of rotatable bonds is 5. The Morgan fingerprint density at radius 1 is 1.10 bits per heavy atom. The number of hydrogen-bond acceptors (Lipinski definition) is 6. The number of hydrogen-bond donors (Lipinski definition) is 1. The van der Waals surface area contributed by atoms with Gasteiger partial charge in [-0.25, -0.2) is 0 Å². The van der Waals surface area contributed by atoms with Crippen molar-refractivity contribution in [2.75, 3.05) is 30.9 Å². The molecule has 0 bridgehead atoms. The molecule has 0 saturated heterocycles. The maximum absolute atomic E-state index is 5.68. The molecule has 1 heterocycles. The molecule has 0 aliphatic heterocycles. The Labute approximate surface area is 118 Å². The SMILES string of the molecule is CCNc1nc(Oc2ccc(C)cc2)nc(N(C)C)n1. The van der Waals surface area contributed by atoms with Crippen LogP contribution < -0.4 is 15.0 Å². The van der Waals surface area contributed by atoms with Crippen LogP contribution in [-0.2, 0) is 0 Å². The van der Waals surface area contributed by atoms with E-state index in [-0.39, 0.29) is 6.01 Å². The first kappa shape index (κ1) is 14.0. The molecule has 0 spiro atoms. The minimum atomic E-state index is 0.281. The largest absolute Gasteiger partial charge is 0.424 e. The van der Waals surface area contributed by atoms with Gasteiger partial charge in [0.25, 0.3) is 0 Å². The molecule has 6 heteroatoms. The average Bonchev–Trinajstić information content (AvgIpc) is 2.41. The summed E-state index contributed by atoms with van der Waals surface area (Å²) in [6.45, 7) is 4.75. The third kappa shape index (κ3) is 3.57. The summed E-state index contributed by atoms with van der Waals surface area (Å²) in [5.74, 6) is 1.76. The summed E-state index contributed by atoms with van der Waals surface area (Å²) in [7, 11) is 3.75. The second-order valence-corrected chi connectivity index (χ2v) is 4.58. The summed E-state index contributed by atoms with van der Waals surface area (Å²) >= 11 is 0. The van der Waals surface area contributed by atoms with Gasteiger partial charge in [0.05, 0.1) is 0 Å². The van der Waals surface area contributed by atoms with Crippen molar-refractivity contribution in [3.05, 3.63) is 29.8 Å². The van der Waals surface area contributed by atoms with E-state index in [1.54, 1.807) is 0 Å². The van der Waals surface area contributed by atoms with Gasteiger partial charge < -0.3 is 15.0 Å². The van der Waals surface area contributed by atoms with Crippen LogP contribution in [0.1, 0.15) is 12.5 Å². The number of benzene rings is 1. The summed E-state index contributed by atoms with van der Waals surface area (Å²) in [5, 5.41) is 3.07. The van der Waals surface area contributed by atoms with Gasteiger partial charge in [0.15, 0.2) is 0 Å². The van der Waals surface area contributed by atoms with E-state index in [1.165, 1.54) is 5.56 Å². The summed E-state index contributed by atoms with van der Waals surface area (Å²) in [6.07, 6.45) is 0. The van der Waals surface area contributed by atoms with Crippen molar-refractivity contribution in [3.63, 3.8) is 0 Å². The van der Waals surface area contributed by atoms with Crippen LogP contribution in [0, 0.1) is 6.92 Å². The van der Waals surface area contributed by atoms with E-state index < -0.39 is 0 Å². The number of aromatic nitrogens is 3. The van der Waals surface area contributed by atoms with Crippen LogP contribution in [0.2, 0.25) is 0 Å². The molecule has 1 N–H and O–H groups in total. The first-order valence-electron chi connectivity index (χ1n) is 6.50. The van der Waals surface area contributed by atoms with Crippen molar-refractivity contribution in [3.8, 4) is 11.8 Å². The molecule has 0 fully saturated rings. The van der Waals surface area contributed by atoms with Gasteiger partial charge in [-0.1, -0.05) is 17.7 Å². The smallest absolute Gasteiger partial charge is 0.328 e. The van der Waals surface area contributed by atoms with Crippen molar-refractivity contribution in [1.82, 2.24) is 15.0 Å². The van der Waals surface area contributed by atoms with Crippen LogP contribution in [-0.4, -0.2) is 35.6 Å². The first-order chi connectivity index (χ1) is 9.58. The number of anilines is 2. The monoisotopic (exact) mass is 273 g/mol. The van der Waals surface area contributed by atoms with E-state index in [1.807, 2.05) is 57.1 Å². The topological polar surface area (TPSA) is 63.2 Å². The van der Waals surface area contributed by atoms with Crippen LogP contribution in [0.3, 0.4) is 0 Å². The van der Waals surface area contributed by atoms with E-state index in [0.717, 1.165) is 6.54 Å². The lowest BCUT2D eigenvalue weighted by atomic mass is 10.2. The number of aryl methyl sites for hydroxylation is 1. The predicted octanol–water partition coefficient (Wildman–Crippen LogP) is 2.47. The molecule has 1 aromatic heterocycles. The molecule has 0 aliphatic rings. The molecule has 6 nitrogen and oxygen atoms in total. The Morgan fingerprint density at radius 3 is 2.40 bits per heavy atom. The van der Waals surface area contributed by atoms with Crippen molar-refractivity contribution in [2.24, 2.45) is 0 Å². The van der Waals surface area contributed by atoms with Gasteiger partial charge in [-0.15, -0.1) is 0 Å². The Bertz CT molecular complexity index is 568. The quantitative estimate of drug-likeness (QED) is 0.903. The third-order valence-electron chi connectivity index (χ3n) is 2.57. The van der Waals surface area contributed by atoms with Gasteiger partial charge in [-0.2, -0.15) is 15.0 Å². The highest BCUT2D eigenvalue weighted by molar-refractivity contribution is 5.38. The van der Waals surface area contributed by atoms with Crippen LogP contribution in [0.15, 0.2) is 24.3 Å². The number of nitrogens with zero attached hydrogens (tertiary/aromatic N) is 4. The molecule has 20 heavy (non-hydrogen) atoms. The summed E-state index contributed by atoms with van der Waals surface area (Å²) < 4.78 is 5.68. The maximum Gasteiger partial charge on any atom is 0.328 e. The van der Waals surface area contributed by atoms with Crippen molar-refractivity contribution in [1.29, 1.82) is 0 Å². The Morgan fingerprint density at radius 2 is 1.80 bits per heavy atom. The molecule has 0 amide bonds. The van der Waals surface area contributed by atoms with E-state index in [4.69, 9.17) is 4.74 Å². The Balaban J connectivity index is 2.27. The van der Waals surface area contributed by atoms with Crippen LogP contribution in [0.5, 0.6) is 11.8 Å². The minimum absolute atomic E-state index is 0.281. The highest BCUT2D eigenvalue weighted by atomic mass is 16.5. The highest BCUT2D eigenvalue weighted by Crippen LogP contribution is 2.20. The molecule has 0 unspecified atom stereocenters. The summed E-state index contributed by atoms with van der Waals surface area (Å²) in [6, 6.07) is 8.02. The van der Waals surface area contributed by atoms with E-state index in [2.05, 4.69) is 20.3 Å². The molecule has 2 rings (SSSR count). The van der Waals surface area contributed by atoms with Gasteiger partial charge in [-0.3, -0.25) is 0 Å².